The molecular weight excluding hydrogens is 566 g/mol. The van der Waals surface area contributed by atoms with Crippen molar-refractivity contribution in [1.82, 2.24) is 4.90 Å². The SMILES string of the molecule is O=C(O)C(F)(F)F.O=C(O)c1ccc(N2CCN(Cc3ccccc3F)CC2)c(NS(=O)(=O)c2cccs2)c1. The van der Waals surface area contributed by atoms with Crippen molar-refractivity contribution in [3.05, 3.63) is 76.9 Å². The Bertz CT molecular complexity index is 1410. The van der Waals surface area contributed by atoms with E-state index in [-0.39, 0.29) is 21.3 Å². The van der Waals surface area contributed by atoms with E-state index in [2.05, 4.69) is 9.62 Å². The molecule has 1 aliphatic heterocycles. The molecule has 3 N–H and O–H groups in total. The molecule has 0 bridgehead atoms. The standard InChI is InChI=1S/C22H22FN3O4S2.C2HF3O2/c23-18-5-2-1-4-17(18)15-25-9-11-26(12-10-25)20-8-7-16(22(27)28)14-19(20)24-32(29,30)21-6-3-13-31-21;3-2(4,5)1(6)7/h1-8,13-14,24H,9-12,15H2,(H,27,28);(H,6,7). The van der Waals surface area contributed by atoms with Gasteiger partial charge in [-0.1, -0.05) is 24.3 Å². The predicted molar refractivity (Wildman–Crippen MR) is 136 cm³/mol. The summed E-state index contributed by atoms with van der Waals surface area (Å²) in [6.45, 7) is 3.00. The van der Waals surface area contributed by atoms with Gasteiger partial charge < -0.3 is 15.1 Å². The first kappa shape index (κ1) is 29.9. The van der Waals surface area contributed by atoms with Crippen molar-refractivity contribution in [1.29, 1.82) is 0 Å². The average molecular weight is 590 g/mol. The summed E-state index contributed by atoms with van der Waals surface area (Å²) in [5.74, 6) is -4.13. The molecule has 1 aliphatic rings. The minimum atomic E-state index is -5.08. The number of thiophene rings is 1. The maximum atomic E-state index is 14.0. The lowest BCUT2D eigenvalue weighted by molar-refractivity contribution is -0.192. The summed E-state index contributed by atoms with van der Waals surface area (Å²) >= 11 is 1.09. The number of carboxylic acid groups (broad SMARTS) is 2. The molecule has 4 rings (SSSR count). The van der Waals surface area contributed by atoms with Crippen LogP contribution in [-0.4, -0.2) is 67.8 Å². The molecule has 0 amide bonds. The molecule has 15 heteroatoms. The highest BCUT2D eigenvalue weighted by atomic mass is 32.2. The number of aliphatic carboxylic acids is 1. The van der Waals surface area contributed by atoms with Gasteiger partial charge in [0.05, 0.1) is 16.9 Å². The van der Waals surface area contributed by atoms with Crippen molar-refractivity contribution in [2.45, 2.75) is 16.9 Å². The normalized spacial score (nSPS) is 14.3. The van der Waals surface area contributed by atoms with Crippen molar-refractivity contribution >= 4 is 44.7 Å². The van der Waals surface area contributed by atoms with Crippen LogP contribution in [0.2, 0.25) is 0 Å². The van der Waals surface area contributed by atoms with Crippen molar-refractivity contribution < 1.29 is 45.8 Å². The number of halogens is 4. The topological polar surface area (TPSA) is 127 Å². The van der Waals surface area contributed by atoms with Crippen LogP contribution in [0.15, 0.2) is 64.2 Å². The number of rotatable bonds is 7. The lowest BCUT2D eigenvalue weighted by Crippen LogP contribution is -2.46. The van der Waals surface area contributed by atoms with Gasteiger partial charge in [0, 0.05) is 38.3 Å². The van der Waals surface area contributed by atoms with Gasteiger partial charge in [-0.05, 0) is 35.7 Å². The van der Waals surface area contributed by atoms with E-state index >= 15 is 0 Å². The molecule has 210 valence electrons. The zero-order chi connectivity index (χ0) is 28.8. The fourth-order valence-electron chi connectivity index (χ4n) is 3.65. The molecule has 2 heterocycles. The average Bonchev–Trinajstić information content (AvgIpc) is 3.42. The highest BCUT2D eigenvalue weighted by Gasteiger charge is 2.38. The molecular formula is C24H23F4N3O6S2. The van der Waals surface area contributed by atoms with E-state index in [1.54, 1.807) is 29.6 Å². The molecule has 0 atom stereocenters. The van der Waals surface area contributed by atoms with Crippen LogP contribution in [0.5, 0.6) is 0 Å². The van der Waals surface area contributed by atoms with Crippen LogP contribution in [0.1, 0.15) is 15.9 Å². The summed E-state index contributed by atoms with van der Waals surface area (Å²) in [6, 6.07) is 14.3. The van der Waals surface area contributed by atoms with Crippen LogP contribution in [0, 0.1) is 5.82 Å². The van der Waals surface area contributed by atoms with Crippen molar-refractivity contribution in [2.75, 3.05) is 35.8 Å². The Morgan fingerprint density at radius 1 is 0.974 bits per heavy atom. The Morgan fingerprint density at radius 3 is 2.15 bits per heavy atom. The number of hydrogen-bond acceptors (Lipinski definition) is 7. The van der Waals surface area contributed by atoms with E-state index < -0.39 is 28.1 Å². The van der Waals surface area contributed by atoms with Gasteiger partial charge in [-0.3, -0.25) is 9.62 Å². The highest BCUT2D eigenvalue weighted by molar-refractivity contribution is 7.94. The van der Waals surface area contributed by atoms with Gasteiger partial charge in [0.25, 0.3) is 10.0 Å². The molecule has 1 aromatic heterocycles. The van der Waals surface area contributed by atoms with Crippen LogP contribution in [0.4, 0.5) is 28.9 Å². The van der Waals surface area contributed by atoms with Crippen LogP contribution in [0.25, 0.3) is 0 Å². The first-order valence-corrected chi connectivity index (χ1v) is 13.6. The number of nitrogens with one attached hydrogen (secondary N) is 1. The lowest BCUT2D eigenvalue weighted by atomic mass is 10.1. The van der Waals surface area contributed by atoms with Gasteiger partial charge in [-0.15, -0.1) is 11.3 Å². The Balaban J connectivity index is 0.000000532. The summed E-state index contributed by atoms with van der Waals surface area (Å²) < 4.78 is 73.9. The second-order valence-electron chi connectivity index (χ2n) is 8.23. The monoisotopic (exact) mass is 589 g/mol. The maximum absolute atomic E-state index is 14.0. The van der Waals surface area contributed by atoms with E-state index in [1.165, 1.54) is 24.3 Å². The Hall–Kier alpha value is -3.69. The molecule has 0 radical (unpaired) electrons. The third kappa shape index (κ3) is 8.15. The first-order chi connectivity index (χ1) is 18.3. The van der Waals surface area contributed by atoms with Gasteiger partial charge >= 0.3 is 18.1 Å². The molecule has 9 nitrogen and oxygen atoms in total. The number of aromatic carboxylic acids is 1. The Labute approximate surface area is 225 Å². The molecule has 2 aromatic carbocycles. The Morgan fingerprint density at radius 2 is 1.62 bits per heavy atom. The largest absolute Gasteiger partial charge is 0.490 e. The fourth-order valence-corrected chi connectivity index (χ4v) is 5.71. The smallest absolute Gasteiger partial charge is 0.478 e. The number of piperazine rings is 1. The van der Waals surface area contributed by atoms with Crippen LogP contribution in [0.3, 0.4) is 0 Å². The molecule has 1 fully saturated rings. The van der Waals surface area contributed by atoms with E-state index in [9.17, 15) is 35.9 Å². The van der Waals surface area contributed by atoms with Gasteiger partial charge in [-0.2, -0.15) is 13.2 Å². The van der Waals surface area contributed by atoms with Crippen LogP contribution < -0.4 is 9.62 Å². The van der Waals surface area contributed by atoms with E-state index in [4.69, 9.17) is 9.90 Å². The minimum absolute atomic E-state index is 0.00387. The summed E-state index contributed by atoms with van der Waals surface area (Å²) in [6.07, 6.45) is -5.08. The molecule has 1 saturated heterocycles. The van der Waals surface area contributed by atoms with Crippen molar-refractivity contribution in [3.63, 3.8) is 0 Å². The molecule has 3 aromatic rings. The molecule has 0 spiro atoms. The lowest BCUT2D eigenvalue weighted by Gasteiger charge is -2.37. The summed E-state index contributed by atoms with van der Waals surface area (Å²) in [5.41, 5.74) is 1.47. The summed E-state index contributed by atoms with van der Waals surface area (Å²) in [4.78, 5) is 24.5. The van der Waals surface area contributed by atoms with E-state index in [0.717, 1.165) is 11.3 Å². The van der Waals surface area contributed by atoms with Crippen LogP contribution in [-0.2, 0) is 21.4 Å². The number of carboxylic acids is 2. The summed E-state index contributed by atoms with van der Waals surface area (Å²) in [7, 11) is -3.83. The Kier molecular flexibility index (Phi) is 9.53. The first-order valence-electron chi connectivity index (χ1n) is 11.2. The second-order valence-corrected chi connectivity index (χ2v) is 11.1. The number of alkyl halides is 3. The third-order valence-corrected chi connectivity index (χ3v) is 8.32. The number of nitrogens with zero attached hydrogens (tertiary/aromatic N) is 2. The summed E-state index contributed by atoms with van der Waals surface area (Å²) in [5, 5.41) is 18.2. The van der Waals surface area contributed by atoms with Gasteiger partial charge in [0.15, 0.2) is 0 Å². The second kappa shape index (κ2) is 12.4. The number of hydrogen-bond donors (Lipinski definition) is 3. The number of carbonyl (C=O) groups is 2. The van der Waals surface area contributed by atoms with E-state index in [1.807, 2.05) is 11.0 Å². The quantitative estimate of drug-likeness (QED) is 0.348. The van der Waals surface area contributed by atoms with E-state index in [0.29, 0.717) is 44.0 Å². The molecule has 0 aliphatic carbocycles. The zero-order valence-electron chi connectivity index (χ0n) is 20.1. The maximum Gasteiger partial charge on any atom is 0.490 e. The van der Waals surface area contributed by atoms with Crippen molar-refractivity contribution in [3.8, 4) is 0 Å². The number of benzene rings is 2. The van der Waals surface area contributed by atoms with Gasteiger partial charge in [-0.25, -0.2) is 22.4 Å². The zero-order valence-corrected chi connectivity index (χ0v) is 21.7. The molecule has 0 saturated carbocycles. The molecule has 39 heavy (non-hydrogen) atoms. The highest BCUT2D eigenvalue weighted by Crippen LogP contribution is 2.31. The van der Waals surface area contributed by atoms with Crippen LogP contribution >= 0.6 is 11.3 Å². The predicted octanol–water partition coefficient (Wildman–Crippen LogP) is 4.34. The van der Waals surface area contributed by atoms with Gasteiger partial charge in [0.1, 0.15) is 10.0 Å². The number of sulfonamides is 1. The third-order valence-electron chi connectivity index (χ3n) is 5.56. The van der Waals surface area contributed by atoms with Crippen molar-refractivity contribution in [2.24, 2.45) is 0 Å². The number of anilines is 2. The fraction of sp³-hybridized carbons (Fsp3) is 0.250. The molecule has 0 unspecified atom stereocenters. The minimum Gasteiger partial charge on any atom is -0.478 e. The van der Waals surface area contributed by atoms with Gasteiger partial charge in [0.2, 0.25) is 0 Å².